The van der Waals surface area contributed by atoms with E-state index in [0.717, 1.165) is 61.4 Å². The number of anilines is 1. The van der Waals surface area contributed by atoms with E-state index < -0.39 is 11.6 Å². The quantitative estimate of drug-likeness (QED) is 0.585. The van der Waals surface area contributed by atoms with Gasteiger partial charge >= 0.3 is 0 Å². The molecule has 1 atom stereocenters. The van der Waals surface area contributed by atoms with Crippen LogP contribution in [0.1, 0.15) is 17.1 Å². The number of hydrogen-bond acceptors (Lipinski definition) is 4. The Morgan fingerprint density at radius 1 is 1.33 bits per heavy atom. The minimum atomic E-state index is -0.807. The van der Waals surface area contributed by atoms with Crippen molar-refractivity contribution >= 4 is 23.0 Å². The van der Waals surface area contributed by atoms with Gasteiger partial charge in [0.15, 0.2) is 17.6 Å². The fourth-order valence-electron chi connectivity index (χ4n) is 3.21. The van der Waals surface area contributed by atoms with Crippen molar-refractivity contribution in [1.29, 1.82) is 0 Å². The molecule has 1 aromatic carbocycles. The topological polar surface area (TPSA) is 52.6 Å². The van der Waals surface area contributed by atoms with Gasteiger partial charge in [-0.25, -0.2) is 13.8 Å². The van der Waals surface area contributed by atoms with Crippen molar-refractivity contribution in [3.63, 3.8) is 0 Å². The second-order valence-electron chi connectivity index (χ2n) is 6.69. The summed E-state index contributed by atoms with van der Waals surface area (Å²) in [5.41, 5.74) is 1.83. The Morgan fingerprint density at radius 2 is 2.19 bits per heavy atom. The van der Waals surface area contributed by atoms with Gasteiger partial charge in [-0.2, -0.15) is 0 Å². The Morgan fingerprint density at radius 3 is 2.89 bits per heavy atom. The van der Waals surface area contributed by atoms with Crippen LogP contribution in [0.25, 0.3) is 0 Å². The number of guanidine groups is 1. The second-order valence-corrected chi connectivity index (χ2v) is 7.75. The highest BCUT2D eigenvalue weighted by atomic mass is 32.1. The molecule has 2 N–H and O–H groups in total. The molecule has 3 rings (SSSR count). The van der Waals surface area contributed by atoms with E-state index in [2.05, 4.69) is 30.9 Å². The lowest BCUT2D eigenvalue weighted by Gasteiger charge is -2.19. The zero-order chi connectivity index (χ0) is 19.2. The molecule has 8 heteroatoms. The van der Waals surface area contributed by atoms with Crippen LogP contribution in [0, 0.1) is 24.5 Å². The van der Waals surface area contributed by atoms with Crippen molar-refractivity contribution in [3.05, 3.63) is 45.9 Å². The summed E-state index contributed by atoms with van der Waals surface area (Å²) in [7, 11) is 1.75. The first-order chi connectivity index (χ1) is 13.0. The van der Waals surface area contributed by atoms with Crippen LogP contribution >= 0.6 is 11.3 Å². The summed E-state index contributed by atoms with van der Waals surface area (Å²) in [6.45, 7) is 5.22. The summed E-state index contributed by atoms with van der Waals surface area (Å²) in [4.78, 5) is 10.8. The number of aliphatic imine (C=N–C) groups is 1. The largest absolute Gasteiger partial charge is 0.371 e. The fraction of sp³-hybridized carbons (Fsp3) is 0.474. The van der Waals surface area contributed by atoms with Gasteiger partial charge in [-0.3, -0.25) is 4.99 Å². The predicted molar refractivity (Wildman–Crippen MR) is 107 cm³/mol. The second kappa shape index (κ2) is 9.12. The first kappa shape index (κ1) is 19.5. The van der Waals surface area contributed by atoms with Gasteiger partial charge in [0.25, 0.3) is 0 Å². The Bertz CT molecular complexity index is 792. The van der Waals surface area contributed by atoms with Gasteiger partial charge in [-0.1, -0.05) is 0 Å². The van der Waals surface area contributed by atoms with Crippen LogP contribution in [-0.2, 0) is 6.42 Å². The van der Waals surface area contributed by atoms with E-state index in [4.69, 9.17) is 0 Å². The monoisotopic (exact) mass is 393 g/mol. The lowest BCUT2D eigenvalue weighted by Crippen LogP contribution is -2.41. The van der Waals surface area contributed by atoms with Crippen LogP contribution in [0.3, 0.4) is 0 Å². The molecule has 1 saturated heterocycles. The first-order valence-electron chi connectivity index (χ1n) is 9.10. The van der Waals surface area contributed by atoms with Crippen LogP contribution < -0.4 is 15.5 Å². The van der Waals surface area contributed by atoms with Crippen LogP contribution in [-0.4, -0.2) is 44.2 Å². The van der Waals surface area contributed by atoms with Crippen LogP contribution in [0.5, 0.6) is 0 Å². The van der Waals surface area contributed by atoms with Crippen molar-refractivity contribution in [2.75, 3.05) is 38.1 Å². The summed E-state index contributed by atoms with van der Waals surface area (Å²) >= 11 is 1.66. The Kier molecular flexibility index (Phi) is 6.60. The Balaban J connectivity index is 1.41. The molecular formula is C19H25F2N5S. The molecule has 2 aromatic rings. The Labute approximate surface area is 162 Å². The Hall–Kier alpha value is -2.22. The van der Waals surface area contributed by atoms with E-state index in [-0.39, 0.29) is 0 Å². The van der Waals surface area contributed by atoms with Crippen molar-refractivity contribution < 1.29 is 8.78 Å². The average Bonchev–Trinajstić information content (AvgIpc) is 3.29. The van der Waals surface area contributed by atoms with E-state index in [1.165, 1.54) is 12.1 Å². The fourth-order valence-corrected chi connectivity index (χ4v) is 3.86. The van der Waals surface area contributed by atoms with Gasteiger partial charge in [0.05, 0.1) is 10.7 Å². The maximum Gasteiger partial charge on any atom is 0.190 e. The number of thiazole rings is 1. The molecule has 1 aliphatic rings. The lowest BCUT2D eigenvalue weighted by molar-refractivity contribution is 0.508. The maximum atomic E-state index is 13.4. The molecule has 1 aliphatic heterocycles. The van der Waals surface area contributed by atoms with E-state index in [9.17, 15) is 8.78 Å². The average molecular weight is 394 g/mol. The van der Waals surface area contributed by atoms with Crippen molar-refractivity contribution in [2.24, 2.45) is 10.9 Å². The first-order valence-corrected chi connectivity index (χ1v) is 9.98. The number of benzene rings is 1. The molecule has 0 radical (unpaired) electrons. The smallest absolute Gasteiger partial charge is 0.190 e. The number of aryl methyl sites for hydroxylation is 1. The third-order valence-corrected chi connectivity index (χ3v) is 5.50. The van der Waals surface area contributed by atoms with Gasteiger partial charge in [0.1, 0.15) is 0 Å². The van der Waals surface area contributed by atoms with E-state index in [0.29, 0.717) is 5.92 Å². The summed E-state index contributed by atoms with van der Waals surface area (Å²) in [6, 6.07) is 4.09. The van der Waals surface area contributed by atoms with Crippen LogP contribution in [0.15, 0.2) is 28.6 Å². The zero-order valence-electron chi connectivity index (χ0n) is 15.6. The predicted octanol–water partition coefficient (Wildman–Crippen LogP) is 2.96. The van der Waals surface area contributed by atoms with Gasteiger partial charge < -0.3 is 15.5 Å². The molecule has 0 amide bonds. The third-order valence-electron chi connectivity index (χ3n) is 4.68. The van der Waals surface area contributed by atoms with Crippen molar-refractivity contribution in [1.82, 2.24) is 15.6 Å². The normalized spacial score (nSPS) is 17.4. The number of rotatable bonds is 6. The minimum absolute atomic E-state index is 0.429. The molecule has 5 nitrogen and oxygen atoms in total. The number of aromatic nitrogens is 1. The maximum absolute atomic E-state index is 13.4. The molecule has 27 heavy (non-hydrogen) atoms. The summed E-state index contributed by atoms with van der Waals surface area (Å²) in [5.74, 6) is -0.404. The lowest BCUT2D eigenvalue weighted by atomic mass is 10.1. The third kappa shape index (κ3) is 5.38. The summed E-state index contributed by atoms with van der Waals surface area (Å²) in [6.07, 6.45) is 1.86. The van der Waals surface area contributed by atoms with Gasteiger partial charge in [0.2, 0.25) is 0 Å². The molecule has 0 bridgehead atoms. The van der Waals surface area contributed by atoms with Crippen molar-refractivity contribution in [3.8, 4) is 0 Å². The molecule has 2 heterocycles. The van der Waals surface area contributed by atoms with E-state index in [1.807, 2.05) is 6.92 Å². The molecule has 1 unspecified atom stereocenters. The molecule has 0 aliphatic carbocycles. The highest BCUT2D eigenvalue weighted by molar-refractivity contribution is 7.09. The zero-order valence-corrected chi connectivity index (χ0v) is 16.5. The molecular weight excluding hydrogens is 368 g/mol. The molecule has 146 valence electrons. The van der Waals surface area contributed by atoms with Gasteiger partial charge in [-0.05, 0) is 31.4 Å². The van der Waals surface area contributed by atoms with Gasteiger partial charge in [-0.15, -0.1) is 11.3 Å². The number of halogens is 2. The summed E-state index contributed by atoms with van der Waals surface area (Å²) < 4.78 is 26.5. The van der Waals surface area contributed by atoms with Crippen molar-refractivity contribution in [2.45, 2.75) is 19.8 Å². The van der Waals surface area contributed by atoms with Gasteiger partial charge in [0, 0.05) is 56.8 Å². The molecule has 1 fully saturated rings. The molecule has 0 spiro atoms. The molecule has 0 saturated carbocycles. The number of nitrogens with zero attached hydrogens (tertiary/aromatic N) is 3. The highest BCUT2D eigenvalue weighted by Crippen LogP contribution is 2.24. The SMILES string of the molecule is CN=C(NCCc1csc(C)n1)NCC1CCN(c2ccc(F)c(F)c2)C1. The van der Waals surface area contributed by atoms with E-state index in [1.54, 1.807) is 24.5 Å². The highest BCUT2D eigenvalue weighted by Gasteiger charge is 2.23. The molecule has 1 aromatic heterocycles. The number of hydrogen-bond donors (Lipinski definition) is 2. The standard InChI is InChI=1S/C19H25F2N5S/c1-13-25-15(12-27-13)5-7-23-19(22-2)24-10-14-6-8-26(11-14)16-3-4-17(20)18(21)9-16/h3-4,9,12,14H,5-8,10-11H2,1-2H3,(H2,22,23,24). The van der Waals surface area contributed by atoms with E-state index >= 15 is 0 Å². The number of nitrogens with one attached hydrogen (secondary N) is 2. The van der Waals surface area contributed by atoms with Crippen LogP contribution in [0.2, 0.25) is 0 Å². The van der Waals surface area contributed by atoms with Crippen LogP contribution in [0.4, 0.5) is 14.5 Å². The summed E-state index contributed by atoms with van der Waals surface area (Å²) in [5, 5.41) is 9.83. The minimum Gasteiger partial charge on any atom is -0.371 e.